The number of aryl methyl sites for hydroxylation is 1. The molecular formula is C17H18ClNO2. The van der Waals surface area contributed by atoms with Crippen LogP contribution in [0.15, 0.2) is 48.5 Å². The summed E-state index contributed by atoms with van der Waals surface area (Å²) in [5.41, 5.74) is 1.89. The number of para-hydroxylation sites is 1. The zero-order valence-electron chi connectivity index (χ0n) is 12.1. The summed E-state index contributed by atoms with van der Waals surface area (Å²) in [5, 5.41) is 3.47. The third-order valence-corrected chi connectivity index (χ3v) is 3.55. The molecule has 0 bridgehead atoms. The highest BCUT2D eigenvalue weighted by atomic mass is 35.5. The van der Waals surface area contributed by atoms with E-state index >= 15 is 0 Å². The van der Waals surface area contributed by atoms with Crippen LogP contribution in [0.3, 0.4) is 0 Å². The monoisotopic (exact) mass is 303 g/mol. The first kappa shape index (κ1) is 15.4. The molecule has 0 aliphatic heterocycles. The largest absolute Gasteiger partial charge is 0.481 e. The van der Waals surface area contributed by atoms with Gasteiger partial charge in [0.25, 0.3) is 5.91 Å². The molecule has 110 valence electrons. The number of ether oxygens (including phenoxy) is 1. The lowest BCUT2D eigenvalue weighted by Crippen LogP contribution is -2.36. The smallest absolute Gasteiger partial charge is 0.261 e. The van der Waals surface area contributed by atoms with Crippen molar-refractivity contribution in [2.45, 2.75) is 26.5 Å². The van der Waals surface area contributed by atoms with Gasteiger partial charge in [0.2, 0.25) is 0 Å². The highest BCUT2D eigenvalue weighted by Crippen LogP contribution is 2.18. The number of hydrogen-bond acceptors (Lipinski definition) is 2. The topological polar surface area (TPSA) is 38.3 Å². The van der Waals surface area contributed by atoms with E-state index in [1.54, 1.807) is 13.0 Å². The Bertz CT molecular complexity index is 628. The molecule has 0 saturated carbocycles. The van der Waals surface area contributed by atoms with E-state index < -0.39 is 6.10 Å². The molecule has 0 unspecified atom stereocenters. The van der Waals surface area contributed by atoms with Crippen molar-refractivity contribution < 1.29 is 9.53 Å². The third kappa shape index (κ3) is 4.23. The number of carbonyl (C=O) groups excluding carboxylic acids is 1. The van der Waals surface area contributed by atoms with E-state index in [1.165, 1.54) is 0 Å². The van der Waals surface area contributed by atoms with Crippen LogP contribution in [0, 0.1) is 6.92 Å². The minimum Gasteiger partial charge on any atom is -0.481 e. The number of hydrogen-bond donors (Lipinski definition) is 1. The average molecular weight is 304 g/mol. The van der Waals surface area contributed by atoms with E-state index in [2.05, 4.69) is 5.32 Å². The summed E-state index contributed by atoms with van der Waals surface area (Å²) >= 11 is 6.06. The van der Waals surface area contributed by atoms with Crippen molar-refractivity contribution >= 4 is 17.5 Å². The molecule has 21 heavy (non-hydrogen) atoms. The first-order chi connectivity index (χ1) is 10.1. The quantitative estimate of drug-likeness (QED) is 0.914. The van der Waals surface area contributed by atoms with Gasteiger partial charge in [0, 0.05) is 11.6 Å². The van der Waals surface area contributed by atoms with Gasteiger partial charge in [-0.25, -0.2) is 0 Å². The second-order valence-corrected chi connectivity index (χ2v) is 5.24. The number of nitrogens with one attached hydrogen (secondary N) is 1. The van der Waals surface area contributed by atoms with Crippen LogP contribution >= 0.6 is 11.6 Å². The molecule has 3 nitrogen and oxygen atoms in total. The Morgan fingerprint density at radius 2 is 1.86 bits per heavy atom. The van der Waals surface area contributed by atoms with E-state index in [-0.39, 0.29) is 5.91 Å². The molecule has 2 aromatic rings. The highest BCUT2D eigenvalue weighted by Gasteiger charge is 2.15. The molecule has 0 heterocycles. The summed E-state index contributed by atoms with van der Waals surface area (Å²) in [5.74, 6) is 0.552. The standard InChI is InChI=1S/C17H18ClNO2/c1-12-7-3-6-10-16(12)21-13(2)17(20)19-11-14-8-4-5-9-15(14)18/h3-10,13H,11H2,1-2H3,(H,19,20)/t13-/m0/s1. The van der Waals surface area contributed by atoms with Crippen molar-refractivity contribution in [2.75, 3.05) is 0 Å². The molecule has 4 heteroatoms. The predicted molar refractivity (Wildman–Crippen MR) is 84.6 cm³/mol. The third-order valence-electron chi connectivity index (χ3n) is 3.18. The Morgan fingerprint density at radius 3 is 2.57 bits per heavy atom. The fourth-order valence-electron chi connectivity index (χ4n) is 1.90. The van der Waals surface area contributed by atoms with E-state index in [4.69, 9.17) is 16.3 Å². The lowest BCUT2D eigenvalue weighted by Gasteiger charge is -2.16. The van der Waals surface area contributed by atoms with E-state index in [1.807, 2.05) is 49.4 Å². The van der Waals surface area contributed by atoms with Crippen molar-refractivity contribution in [1.29, 1.82) is 0 Å². The van der Waals surface area contributed by atoms with Crippen molar-refractivity contribution in [3.63, 3.8) is 0 Å². The molecule has 0 spiro atoms. The zero-order chi connectivity index (χ0) is 15.2. The van der Waals surface area contributed by atoms with Gasteiger partial charge in [-0.3, -0.25) is 4.79 Å². The van der Waals surface area contributed by atoms with E-state index in [9.17, 15) is 4.79 Å². The van der Waals surface area contributed by atoms with Gasteiger partial charge in [-0.05, 0) is 37.1 Å². The van der Waals surface area contributed by atoms with Crippen LogP contribution in [0.5, 0.6) is 5.75 Å². The predicted octanol–water partition coefficient (Wildman–Crippen LogP) is 3.73. The number of halogens is 1. The summed E-state index contributed by atoms with van der Waals surface area (Å²) in [4.78, 5) is 12.1. The summed E-state index contributed by atoms with van der Waals surface area (Å²) in [6.45, 7) is 4.07. The van der Waals surface area contributed by atoms with Crippen LogP contribution in [-0.2, 0) is 11.3 Å². The number of benzene rings is 2. The maximum absolute atomic E-state index is 12.1. The molecule has 0 saturated heterocycles. The minimum atomic E-state index is -0.561. The molecule has 0 fully saturated rings. The Hall–Kier alpha value is -2.00. The normalized spacial score (nSPS) is 11.8. The summed E-state index contributed by atoms with van der Waals surface area (Å²) in [6, 6.07) is 15.1. The van der Waals surface area contributed by atoms with Gasteiger partial charge in [-0.15, -0.1) is 0 Å². The number of amides is 1. The highest BCUT2D eigenvalue weighted by molar-refractivity contribution is 6.31. The van der Waals surface area contributed by atoms with Crippen molar-refractivity contribution in [3.05, 3.63) is 64.7 Å². The lowest BCUT2D eigenvalue weighted by molar-refractivity contribution is -0.127. The van der Waals surface area contributed by atoms with Crippen LogP contribution in [0.2, 0.25) is 5.02 Å². The second-order valence-electron chi connectivity index (χ2n) is 4.83. The summed E-state index contributed by atoms with van der Waals surface area (Å²) < 4.78 is 5.68. The average Bonchev–Trinajstić information content (AvgIpc) is 2.48. The van der Waals surface area contributed by atoms with Gasteiger partial charge in [-0.1, -0.05) is 48.0 Å². The number of rotatable bonds is 5. The van der Waals surface area contributed by atoms with Crippen LogP contribution in [0.4, 0.5) is 0 Å². The molecule has 0 aliphatic carbocycles. The van der Waals surface area contributed by atoms with Gasteiger partial charge in [0.05, 0.1) is 0 Å². The Labute approximate surface area is 129 Å². The SMILES string of the molecule is Cc1ccccc1O[C@@H](C)C(=O)NCc1ccccc1Cl. The van der Waals surface area contributed by atoms with Crippen molar-refractivity contribution in [2.24, 2.45) is 0 Å². The van der Waals surface area contributed by atoms with Crippen molar-refractivity contribution in [1.82, 2.24) is 5.32 Å². The minimum absolute atomic E-state index is 0.168. The fraction of sp³-hybridized carbons (Fsp3) is 0.235. The molecule has 0 radical (unpaired) electrons. The summed E-state index contributed by atoms with van der Waals surface area (Å²) in [7, 11) is 0. The molecule has 0 aliphatic rings. The van der Waals surface area contributed by atoms with Crippen LogP contribution in [0.1, 0.15) is 18.1 Å². The molecule has 2 rings (SSSR count). The van der Waals surface area contributed by atoms with E-state index in [0.29, 0.717) is 11.6 Å². The maximum atomic E-state index is 12.1. The van der Waals surface area contributed by atoms with Crippen LogP contribution < -0.4 is 10.1 Å². The molecule has 2 aromatic carbocycles. The second kappa shape index (κ2) is 7.14. The fourth-order valence-corrected chi connectivity index (χ4v) is 2.10. The van der Waals surface area contributed by atoms with Gasteiger partial charge >= 0.3 is 0 Å². The maximum Gasteiger partial charge on any atom is 0.261 e. The molecule has 1 amide bonds. The molecule has 0 aromatic heterocycles. The van der Waals surface area contributed by atoms with Gasteiger partial charge in [-0.2, -0.15) is 0 Å². The molecule has 1 atom stereocenters. The van der Waals surface area contributed by atoms with Gasteiger partial charge < -0.3 is 10.1 Å². The first-order valence-corrected chi connectivity index (χ1v) is 7.19. The summed E-state index contributed by atoms with van der Waals surface area (Å²) in [6.07, 6.45) is -0.561. The Balaban J connectivity index is 1.91. The Morgan fingerprint density at radius 1 is 1.19 bits per heavy atom. The van der Waals surface area contributed by atoms with Crippen LogP contribution in [-0.4, -0.2) is 12.0 Å². The van der Waals surface area contributed by atoms with Crippen molar-refractivity contribution in [3.8, 4) is 5.75 Å². The molecular weight excluding hydrogens is 286 g/mol. The molecule has 1 N–H and O–H groups in total. The first-order valence-electron chi connectivity index (χ1n) is 6.81. The lowest BCUT2D eigenvalue weighted by atomic mass is 10.2. The van der Waals surface area contributed by atoms with Gasteiger partial charge in [0.1, 0.15) is 5.75 Å². The van der Waals surface area contributed by atoms with Gasteiger partial charge in [0.15, 0.2) is 6.10 Å². The zero-order valence-corrected chi connectivity index (χ0v) is 12.9. The number of carbonyl (C=O) groups is 1. The Kier molecular flexibility index (Phi) is 5.23. The van der Waals surface area contributed by atoms with E-state index in [0.717, 1.165) is 16.9 Å². The van der Waals surface area contributed by atoms with Crippen LogP contribution in [0.25, 0.3) is 0 Å².